The maximum atomic E-state index is 12.2. The largest absolute Gasteiger partial charge is 0.381 e. The van der Waals surface area contributed by atoms with Crippen LogP contribution in [0.4, 0.5) is 0 Å². The number of hydrogen-bond donors (Lipinski definition) is 1. The van der Waals surface area contributed by atoms with E-state index in [1.54, 1.807) is 4.90 Å². The van der Waals surface area contributed by atoms with Crippen molar-refractivity contribution in [1.82, 2.24) is 20.1 Å². The Hall–Kier alpha value is -1.43. The highest BCUT2D eigenvalue weighted by Crippen LogP contribution is 2.37. The van der Waals surface area contributed by atoms with Gasteiger partial charge in [-0.3, -0.25) is 9.89 Å². The van der Waals surface area contributed by atoms with Crippen LogP contribution in [0.5, 0.6) is 0 Å². The lowest BCUT2D eigenvalue weighted by atomic mass is 10.00. The molecule has 0 atom stereocenters. The molecule has 104 valence electrons. The minimum atomic E-state index is -0.0883. The highest BCUT2D eigenvalue weighted by Gasteiger charge is 2.29. The molecular formula is C13H20N4O2. The quantitative estimate of drug-likeness (QED) is 0.886. The Kier molecular flexibility index (Phi) is 3.50. The molecule has 6 heteroatoms. The van der Waals surface area contributed by atoms with Gasteiger partial charge in [0.2, 0.25) is 5.82 Å². The number of amides is 1. The zero-order valence-electron chi connectivity index (χ0n) is 11.3. The van der Waals surface area contributed by atoms with E-state index < -0.39 is 0 Å². The molecule has 6 nitrogen and oxygen atoms in total. The first-order chi connectivity index (χ1) is 9.24. The Morgan fingerprint density at radius 1 is 1.37 bits per heavy atom. The molecule has 3 rings (SSSR count). The number of rotatable bonds is 4. The predicted molar refractivity (Wildman–Crippen MR) is 68.9 cm³/mol. The van der Waals surface area contributed by atoms with Crippen molar-refractivity contribution in [2.24, 2.45) is 5.92 Å². The second-order valence-electron chi connectivity index (χ2n) is 5.56. The Morgan fingerprint density at radius 3 is 2.79 bits per heavy atom. The van der Waals surface area contributed by atoms with Crippen LogP contribution >= 0.6 is 0 Å². The van der Waals surface area contributed by atoms with E-state index >= 15 is 0 Å². The van der Waals surface area contributed by atoms with E-state index in [-0.39, 0.29) is 5.91 Å². The van der Waals surface area contributed by atoms with Crippen LogP contribution in [0, 0.1) is 5.92 Å². The molecule has 0 unspecified atom stereocenters. The van der Waals surface area contributed by atoms with Crippen LogP contribution in [0.1, 0.15) is 48.0 Å². The van der Waals surface area contributed by atoms with Crippen LogP contribution in [0.15, 0.2) is 0 Å². The molecule has 1 aromatic heterocycles. The summed E-state index contributed by atoms with van der Waals surface area (Å²) >= 11 is 0. The molecule has 1 aliphatic heterocycles. The molecule has 19 heavy (non-hydrogen) atoms. The summed E-state index contributed by atoms with van der Waals surface area (Å²) in [5.41, 5.74) is 0. The number of ether oxygens (including phenoxy) is 1. The van der Waals surface area contributed by atoms with E-state index in [4.69, 9.17) is 4.74 Å². The predicted octanol–water partition coefficient (Wildman–Crippen LogP) is 1.18. The van der Waals surface area contributed by atoms with Gasteiger partial charge in [-0.05, 0) is 31.6 Å². The van der Waals surface area contributed by atoms with Crippen molar-refractivity contribution in [2.45, 2.75) is 31.6 Å². The summed E-state index contributed by atoms with van der Waals surface area (Å²) in [5, 5.41) is 6.92. The highest BCUT2D eigenvalue weighted by atomic mass is 16.5. The molecule has 1 amide bonds. The third-order valence-corrected chi connectivity index (χ3v) is 3.88. The van der Waals surface area contributed by atoms with Crippen molar-refractivity contribution in [3.8, 4) is 0 Å². The normalized spacial score (nSPS) is 20.5. The third kappa shape index (κ3) is 2.94. The summed E-state index contributed by atoms with van der Waals surface area (Å²) in [6.45, 7) is 2.37. The number of aromatic nitrogens is 3. The van der Waals surface area contributed by atoms with Crippen molar-refractivity contribution in [3.63, 3.8) is 0 Å². The lowest BCUT2D eigenvalue weighted by Crippen LogP contribution is -2.34. The number of carbonyl (C=O) groups excluding carboxylic acids is 1. The molecular weight excluding hydrogens is 244 g/mol. The average Bonchev–Trinajstić information content (AvgIpc) is 3.17. The van der Waals surface area contributed by atoms with E-state index in [0.29, 0.717) is 17.7 Å². The molecule has 2 aliphatic rings. The Balaban J connectivity index is 1.58. The molecule has 0 spiro atoms. The highest BCUT2D eigenvalue weighted by molar-refractivity contribution is 5.90. The fraction of sp³-hybridized carbons (Fsp3) is 0.769. The maximum absolute atomic E-state index is 12.2. The fourth-order valence-electron chi connectivity index (χ4n) is 2.48. The molecule has 1 saturated carbocycles. The Morgan fingerprint density at radius 2 is 2.11 bits per heavy atom. The first kappa shape index (κ1) is 12.6. The van der Waals surface area contributed by atoms with Gasteiger partial charge in [0.05, 0.1) is 0 Å². The van der Waals surface area contributed by atoms with E-state index in [2.05, 4.69) is 15.2 Å². The average molecular weight is 264 g/mol. The van der Waals surface area contributed by atoms with Gasteiger partial charge in [-0.25, -0.2) is 4.98 Å². The van der Waals surface area contributed by atoms with Crippen LogP contribution in [0.25, 0.3) is 0 Å². The van der Waals surface area contributed by atoms with Crippen molar-refractivity contribution in [3.05, 3.63) is 11.6 Å². The standard InChI is InChI=1S/C13H20N4O2/c1-17(8-9-4-6-19-7-5-9)13(18)12-14-11(15-16-12)10-2-3-10/h9-10H,2-8H2,1H3,(H,14,15,16). The number of H-pyrrole nitrogens is 1. The summed E-state index contributed by atoms with van der Waals surface area (Å²) < 4.78 is 5.33. The zero-order chi connectivity index (χ0) is 13.2. The SMILES string of the molecule is CN(CC1CCOCC1)C(=O)c1n[nH]c(C2CC2)n1. The Bertz CT molecular complexity index is 449. The summed E-state index contributed by atoms with van der Waals surface area (Å²) in [7, 11) is 1.82. The van der Waals surface area contributed by atoms with Crippen molar-refractivity contribution < 1.29 is 9.53 Å². The van der Waals surface area contributed by atoms with E-state index in [9.17, 15) is 4.79 Å². The van der Waals surface area contributed by atoms with Crippen LogP contribution in [-0.2, 0) is 4.74 Å². The van der Waals surface area contributed by atoms with Crippen molar-refractivity contribution in [1.29, 1.82) is 0 Å². The van der Waals surface area contributed by atoms with Crippen LogP contribution in [0.2, 0.25) is 0 Å². The molecule has 0 bridgehead atoms. The van der Waals surface area contributed by atoms with E-state index in [0.717, 1.165) is 51.3 Å². The number of carbonyl (C=O) groups is 1. The van der Waals surface area contributed by atoms with E-state index in [1.165, 1.54) is 0 Å². The first-order valence-corrected chi connectivity index (χ1v) is 6.99. The fourth-order valence-corrected chi connectivity index (χ4v) is 2.48. The zero-order valence-corrected chi connectivity index (χ0v) is 11.3. The summed E-state index contributed by atoms with van der Waals surface area (Å²) in [6, 6.07) is 0. The molecule has 2 fully saturated rings. The van der Waals surface area contributed by atoms with Gasteiger partial charge >= 0.3 is 0 Å². The molecule has 1 aliphatic carbocycles. The third-order valence-electron chi connectivity index (χ3n) is 3.88. The van der Waals surface area contributed by atoms with Crippen LogP contribution in [-0.4, -0.2) is 52.8 Å². The Labute approximate surface area is 112 Å². The van der Waals surface area contributed by atoms with Crippen molar-refractivity contribution >= 4 is 5.91 Å². The van der Waals surface area contributed by atoms with E-state index in [1.807, 2.05) is 7.05 Å². The molecule has 1 N–H and O–H groups in total. The monoisotopic (exact) mass is 264 g/mol. The van der Waals surface area contributed by atoms with Gasteiger partial charge in [-0.15, -0.1) is 5.10 Å². The molecule has 2 heterocycles. The van der Waals surface area contributed by atoms with Crippen LogP contribution in [0.3, 0.4) is 0 Å². The second kappa shape index (κ2) is 5.28. The summed E-state index contributed by atoms with van der Waals surface area (Å²) in [5.74, 6) is 2.10. The minimum absolute atomic E-state index is 0.0883. The smallest absolute Gasteiger partial charge is 0.293 e. The van der Waals surface area contributed by atoms with Crippen molar-refractivity contribution in [2.75, 3.05) is 26.8 Å². The number of hydrogen-bond acceptors (Lipinski definition) is 4. The number of nitrogens with one attached hydrogen (secondary N) is 1. The topological polar surface area (TPSA) is 71.1 Å². The lowest BCUT2D eigenvalue weighted by molar-refractivity contribution is 0.0493. The van der Waals surface area contributed by atoms with Gasteiger partial charge in [0.15, 0.2) is 0 Å². The van der Waals surface area contributed by atoms with Gasteiger partial charge in [0, 0.05) is 32.7 Å². The van der Waals surface area contributed by atoms with Gasteiger partial charge < -0.3 is 9.64 Å². The summed E-state index contributed by atoms with van der Waals surface area (Å²) in [6.07, 6.45) is 4.36. The molecule has 0 aromatic carbocycles. The van der Waals surface area contributed by atoms with Gasteiger partial charge in [-0.2, -0.15) is 0 Å². The molecule has 0 radical (unpaired) electrons. The minimum Gasteiger partial charge on any atom is -0.381 e. The maximum Gasteiger partial charge on any atom is 0.293 e. The summed E-state index contributed by atoms with van der Waals surface area (Å²) in [4.78, 5) is 18.3. The molecule has 1 aromatic rings. The molecule has 1 saturated heterocycles. The second-order valence-corrected chi connectivity index (χ2v) is 5.56. The number of aromatic amines is 1. The van der Waals surface area contributed by atoms with Crippen LogP contribution < -0.4 is 0 Å². The van der Waals surface area contributed by atoms with Gasteiger partial charge in [0.1, 0.15) is 5.82 Å². The first-order valence-electron chi connectivity index (χ1n) is 6.99. The van der Waals surface area contributed by atoms with Gasteiger partial charge in [-0.1, -0.05) is 0 Å². The number of nitrogens with zero attached hydrogens (tertiary/aromatic N) is 3. The lowest BCUT2D eigenvalue weighted by Gasteiger charge is -2.26. The van der Waals surface area contributed by atoms with Gasteiger partial charge in [0.25, 0.3) is 5.91 Å².